The molecule has 0 aliphatic rings. The Morgan fingerprint density at radius 2 is 2.00 bits per heavy atom. The van der Waals surface area contributed by atoms with E-state index < -0.39 is 0 Å². The highest BCUT2D eigenvalue weighted by Gasteiger charge is 2.12. The van der Waals surface area contributed by atoms with E-state index >= 15 is 0 Å². The fourth-order valence-electron chi connectivity index (χ4n) is 1.16. The van der Waals surface area contributed by atoms with E-state index in [1.165, 1.54) is 0 Å². The molecule has 0 aromatic carbocycles. The van der Waals surface area contributed by atoms with Gasteiger partial charge in [0, 0.05) is 6.04 Å². The minimum absolute atomic E-state index is 0.111. The van der Waals surface area contributed by atoms with Gasteiger partial charge in [-0.1, -0.05) is 12.0 Å². The zero-order chi connectivity index (χ0) is 11.3. The van der Waals surface area contributed by atoms with Crippen molar-refractivity contribution in [2.75, 3.05) is 11.9 Å². The van der Waals surface area contributed by atoms with Crippen LogP contribution in [0.15, 0.2) is 4.42 Å². The summed E-state index contributed by atoms with van der Waals surface area (Å²) in [6.07, 6.45) is 1.09. The van der Waals surface area contributed by atoms with E-state index in [-0.39, 0.29) is 6.04 Å². The van der Waals surface area contributed by atoms with Crippen LogP contribution in [0.4, 0.5) is 6.01 Å². The summed E-state index contributed by atoms with van der Waals surface area (Å²) in [7, 11) is 0. The van der Waals surface area contributed by atoms with Gasteiger partial charge in [-0.25, -0.2) is 0 Å². The number of aromatic nitrogens is 2. The first-order chi connectivity index (χ1) is 7.13. The molecule has 0 bridgehead atoms. The van der Waals surface area contributed by atoms with Crippen LogP contribution in [0.3, 0.4) is 0 Å². The molecular formula is C10H20N4O. The third-order valence-corrected chi connectivity index (χ3v) is 1.92. The molecule has 86 valence electrons. The largest absolute Gasteiger partial charge is 0.406 e. The summed E-state index contributed by atoms with van der Waals surface area (Å²) in [4.78, 5) is 0. The van der Waals surface area contributed by atoms with Gasteiger partial charge in [0.1, 0.15) is 0 Å². The van der Waals surface area contributed by atoms with Gasteiger partial charge < -0.3 is 15.1 Å². The second-order valence-electron chi connectivity index (χ2n) is 3.92. The number of hydrogen-bond donors (Lipinski definition) is 2. The Kier molecular flexibility index (Phi) is 4.55. The lowest BCUT2D eigenvalue weighted by molar-refractivity contribution is 0.422. The van der Waals surface area contributed by atoms with Crippen LogP contribution in [0.25, 0.3) is 0 Å². The summed E-state index contributed by atoms with van der Waals surface area (Å²) in [5.41, 5.74) is 0. The van der Waals surface area contributed by atoms with Gasteiger partial charge >= 0.3 is 6.01 Å². The highest BCUT2D eigenvalue weighted by atomic mass is 16.4. The normalized spacial score (nSPS) is 13.1. The molecular weight excluding hydrogens is 192 g/mol. The van der Waals surface area contributed by atoms with Crippen molar-refractivity contribution in [1.29, 1.82) is 0 Å². The van der Waals surface area contributed by atoms with Crippen LogP contribution >= 0.6 is 0 Å². The highest BCUT2D eigenvalue weighted by Crippen LogP contribution is 2.13. The molecule has 15 heavy (non-hydrogen) atoms. The number of nitrogens with zero attached hydrogens (tertiary/aromatic N) is 2. The Morgan fingerprint density at radius 3 is 2.60 bits per heavy atom. The van der Waals surface area contributed by atoms with E-state index in [1.807, 2.05) is 20.8 Å². The van der Waals surface area contributed by atoms with Gasteiger partial charge in [0.2, 0.25) is 5.89 Å². The highest BCUT2D eigenvalue weighted by molar-refractivity contribution is 5.18. The van der Waals surface area contributed by atoms with Crippen LogP contribution in [-0.4, -0.2) is 22.8 Å². The lowest BCUT2D eigenvalue weighted by atomic mass is 10.3. The molecule has 0 amide bonds. The summed E-state index contributed by atoms with van der Waals surface area (Å²) < 4.78 is 5.46. The maximum absolute atomic E-state index is 5.46. The average molecular weight is 212 g/mol. The Bertz CT molecular complexity index is 285. The first kappa shape index (κ1) is 12.0. The van der Waals surface area contributed by atoms with Gasteiger partial charge in [-0.15, -0.1) is 5.10 Å². The van der Waals surface area contributed by atoms with Crippen LogP contribution in [0.2, 0.25) is 0 Å². The zero-order valence-corrected chi connectivity index (χ0v) is 9.87. The molecule has 1 atom stereocenters. The van der Waals surface area contributed by atoms with Crippen molar-refractivity contribution < 1.29 is 4.42 Å². The van der Waals surface area contributed by atoms with Crippen LogP contribution in [-0.2, 0) is 0 Å². The number of hydrogen-bond acceptors (Lipinski definition) is 5. The lowest BCUT2D eigenvalue weighted by Gasteiger charge is -2.07. The van der Waals surface area contributed by atoms with Crippen LogP contribution in [0.1, 0.15) is 46.0 Å². The van der Waals surface area contributed by atoms with E-state index in [0.29, 0.717) is 17.9 Å². The number of rotatable bonds is 6. The Labute approximate surface area is 90.7 Å². The topological polar surface area (TPSA) is 63.0 Å². The molecule has 0 saturated carbocycles. The standard InChI is InChI=1S/C10H20N4O/c1-5-6-11-8(4)9-13-14-10(15-9)12-7(2)3/h7-8,11H,5-6H2,1-4H3,(H,12,14). The molecule has 1 unspecified atom stereocenters. The lowest BCUT2D eigenvalue weighted by Crippen LogP contribution is -2.19. The second kappa shape index (κ2) is 5.70. The fourth-order valence-corrected chi connectivity index (χ4v) is 1.16. The van der Waals surface area contributed by atoms with E-state index in [9.17, 15) is 0 Å². The molecule has 0 spiro atoms. The molecule has 0 saturated heterocycles. The summed E-state index contributed by atoms with van der Waals surface area (Å²) >= 11 is 0. The summed E-state index contributed by atoms with van der Waals surface area (Å²) in [6.45, 7) is 9.16. The Balaban J connectivity index is 2.51. The van der Waals surface area contributed by atoms with Gasteiger partial charge in [-0.05, 0) is 33.7 Å². The van der Waals surface area contributed by atoms with Crippen molar-refractivity contribution in [3.05, 3.63) is 5.89 Å². The molecule has 5 nitrogen and oxygen atoms in total. The Morgan fingerprint density at radius 1 is 1.27 bits per heavy atom. The zero-order valence-electron chi connectivity index (χ0n) is 9.87. The quantitative estimate of drug-likeness (QED) is 0.754. The molecule has 2 N–H and O–H groups in total. The minimum Gasteiger partial charge on any atom is -0.406 e. The van der Waals surface area contributed by atoms with Crippen molar-refractivity contribution in [2.45, 2.75) is 46.2 Å². The third-order valence-electron chi connectivity index (χ3n) is 1.92. The first-order valence-corrected chi connectivity index (χ1v) is 5.46. The van der Waals surface area contributed by atoms with E-state index in [4.69, 9.17) is 4.42 Å². The van der Waals surface area contributed by atoms with Gasteiger partial charge in [0.25, 0.3) is 0 Å². The summed E-state index contributed by atoms with van der Waals surface area (Å²) in [5.74, 6) is 0.631. The monoisotopic (exact) mass is 212 g/mol. The van der Waals surface area contributed by atoms with Gasteiger partial charge in [0.05, 0.1) is 6.04 Å². The smallest absolute Gasteiger partial charge is 0.315 e. The SMILES string of the molecule is CCCNC(C)c1nnc(NC(C)C)o1. The van der Waals surface area contributed by atoms with Crippen molar-refractivity contribution in [2.24, 2.45) is 0 Å². The maximum atomic E-state index is 5.46. The maximum Gasteiger partial charge on any atom is 0.315 e. The van der Waals surface area contributed by atoms with Gasteiger partial charge in [-0.2, -0.15) is 0 Å². The van der Waals surface area contributed by atoms with Crippen LogP contribution < -0.4 is 10.6 Å². The summed E-state index contributed by atoms with van der Waals surface area (Å²) in [5, 5.41) is 14.3. The molecule has 1 aromatic heterocycles. The fraction of sp³-hybridized carbons (Fsp3) is 0.800. The Hall–Kier alpha value is -1.10. The van der Waals surface area contributed by atoms with Crippen molar-refractivity contribution in [1.82, 2.24) is 15.5 Å². The minimum atomic E-state index is 0.111. The summed E-state index contributed by atoms with van der Waals surface area (Å²) in [6, 6.07) is 0.905. The molecule has 0 radical (unpaired) electrons. The second-order valence-corrected chi connectivity index (χ2v) is 3.92. The van der Waals surface area contributed by atoms with Crippen LogP contribution in [0.5, 0.6) is 0 Å². The van der Waals surface area contributed by atoms with E-state index in [1.54, 1.807) is 0 Å². The number of nitrogens with one attached hydrogen (secondary N) is 2. The van der Waals surface area contributed by atoms with E-state index in [0.717, 1.165) is 13.0 Å². The molecule has 5 heteroatoms. The molecule has 1 aromatic rings. The first-order valence-electron chi connectivity index (χ1n) is 5.46. The predicted molar refractivity (Wildman–Crippen MR) is 59.8 cm³/mol. The molecule has 0 fully saturated rings. The van der Waals surface area contributed by atoms with Crippen LogP contribution in [0, 0.1) is 0 Å². The van der Waals surface area contributed by atoms with E-state index in [2.05, 4.69) is 27.8 Å². The molecule has 0 aliphatic heterocycles. The van der Waals surface area contributed by atoms with Gasteiger partial charge in [-0.3, -0.25) is 0 Å². The molecule has 0 aliphatic carbocycles. The molecule has 1 heterocycles. The third kappa shape index (κ3) is 3.87. The predicted octanol–water partition coefficient (Wildman–Crippen LogP) is 1.95. The average Bonchev–Trinajstić information content (AvgIpc) is 2.61. The van der Waals surface area contributed by atoms with Crippen molar-refractivity contribution in [3.8, 4) is 0 Å². The number of anilines is 1. The van der Waals surface area contributed by atoms with Crippen molar-refractivity contribution in [3.63, 3.8) is 0 Å². The molecule has 1 rings (SSSR count). The van der Waals surface area contributed by atoms with Gasteiger partial charge in [0.15, 0.2) is 0 Å². The van der Waals surface area contributed by atoms with Crippen molar-refractivity contribution >= 4 is 6.01 Å².